The number of hydrogen-bond acceptors (Lipinski definition) is 8. The lowest BCUT2D eigenvalue weighted by atomic mass is 9.98. The van der Waals surface area contributed by atoms with Crippen LogP contribution in [0.25, 0.3) is 11.1 Å². The summed E-state index contributed by atoms with van der Waals surface area (Å²) in [5.41, 5.74) is 1.57. The molecule has 1 aromatic heterocycles. The first kappa shape index (κ1) is 27.1. The van der Waals surface area contributed by atoms with Gasteiger partial charge < -0.3 is 10.4 Å². The Hall–Kier alpha value is -3.15. The number of benzene rings is 2. The molecule has 0 aliphatic carbocycles. The molecule has 1 heterocycles. The molecule has 0 saturated carbocycles. The van der Waals surface area contributed by atoms with Crippen LogP contribution in [0.15, 0.2) is 82.3 Å². The van der Waals surface area contributed by atoms with Gasteiger partial charge in [0.05, 0.1) is 10.7 Å². The second-order valence-electron chi connectivity index (χ2n) is 6.74. The van der Waals surface area contributed by atoms with Gasteiger partial charge in [-0.3, -0.25) is 9.78 Å². The molecule has 0 aliphatic rings. The Bertz CT molecular complexity index is 1230. The molecule has 0 fully saturated rings. The van der Waals surface area contributed by atoms with E-state index in [1.165, 1.54) is 30.0 Å². The van der Waals surface area contributed by atoms with Gasteiger partial charge in [-0.25, -0.2) is 4.79 Å². The summed E-state index contributed by atoms with van der Waals surface area (Å²) in [6.45, 7) is 0. The molecule has 1 unspecified atom stereocenters. The summed E-state index contributed by atoms with van der Waals surface area (Å²) in [4.78, 5) is 28.0. The molecule has 178 valence electrons. The highest BCUT2D eigenvalue weighted by Crippen LogP contribution is 2.28. The molecule has 0 saturated heterocycles. The van der Waals surface area contributed by atoms with Crippen molar-refractivity contribution in [1.29, 1.82) is 0 Å². The van der Waals surface area contributed by atoms with E-state index in [-0.39, 0.29) is 11.3 Å². The number of carbonyl (C=O) groups is 2. The lowest BCUT2D eigenvalue weighted by Gasteiger charge is -2.16. The van der Waals surface area contributed by atoms with Crippen LogP contribution in [0.3, 0.4) is 0 Å². The third-order valence-corrected chi connectivity index (χ3v) is 5.64. The Morgan fingerprint density at radius 1 is 1.12 bits per heavy atom. The number of carbonyl (C=O) groups excluding carboxylic acids is 1. The summed E-state index contributed by atoms with van der Waals surface area (Å²) < 4.78 is 25.1. The normalized spacial score (nSPS) is 10.9. The van der Waals surface area contributed by atoms with Crippen molar-refractivity contribution in [1.82, 2.24) is 10.3 Å². The lowest BCUT2D eigenvalue weighted by Crippen LogP contribution is -2.41. The molecule has 0 radical (unpaired) electrons. The van der Waals surface area contributed by atoms with Crippen LogP contribution in [0, 0.1) is 0 Å². The number of nitrogens with one attached hydrogen (secondary N) is 1. The van der Waals surface area contributed by atoms with Crippen LogP contribution in [0.4, 0.5) is 5.69 Å². The summed E-state index contributed by atoms with van der Waals surface area (Å²) in [6.07, 6.45) is 3.87. The molecule has 1 amide bonds. The maximum atomic E-state index is 12.7. The molecule has 11 heteroatoms. The predicted octanol–water partition coefficient (Wildman–Crippen LogP) is 4.35. The zero-order valence-corrected chi connectivity index (χ0v) is 20.7. The van der Waals surface area contributed by atoms with Gasteiger partial charge in [-0.05, 0) is 59.9 Å². The number of aromatic nitrogens is 1. The van der Waals surface area contributed by atoms with Crippen LogP contribution >= 0.6 is 24.4 Å². The standard InChI is InChI=1S/C18H18N2O5S2.C5H5NS/c1-26-10-9-16(18(22)23)19-17(21)14-8-7-13(20-27(24)25)11-15(14)12-5-3-2-4-6-12;7-5-3-1-2-4-6-5/h2-8,11,16H,9-10H2,1H3,(H,19,21)(H,22,23);1-4H,(H,6,7). The number of thioether (sulfide) groups is 1. The molecule has 0 spiro atoms. The third kappa shape index (κ3) is 9.00. The monoisotopic (exact) mass is 517 g/mol. The van der Waals surface area contributed by atoms with E-state index in [0.717, 1.165) is 5.03 Å². The van der Waals surface area contributed by atoms with Crippen LogP contribution in [0.1, 0.15) is 16.8 Å². The summed E-state index contributed by atoms with van der Waals surface area (Å²) in [7, 11) is -2.62. The lowest BCUT2D eigenvalue weighted by molar-refractivity contribution is -0.139. The van der Waals surface area contributed by atoms with Gasteiger partial charge in [0.25, 0.3) is 5.91 Å². The molecule has 3 rings (SSSR count). The van der Waals surface area contributed by atoms with Crippen molar-refractivity contribution in [2.45, 2.75) is 17.5 Å². The largest absolute Gasteiger partial charge is 0.480 e. The van der Waals surface area contributed by atoms with Gasteiger partial charge in [-0.2, -0.15) is 20.2 Å². The molecule has 0 aliphatic heterocycles. The van der Waals surface area contributed by atoms with E-state index in [9.17, 15) is 23.1 Å². The van der Waals surface area contributed by atoms with Crippen LogP contribution in [0.5, 0.6) is 0 Å². The van der Waals surface area contributed by atoms with Gasteiger partial charge in [0, 0.05) is 11.8 Å². The zero-order chi connectivity index (χ0) is 24.9. The quantitative estimate of drug-likeness (QED) is 0.379. The van der Waals surface area contributed by atoms with E-state index < -0.39 is 28.4 Å². The van der Waals surface area contributed by atoms with Gasteiger partial charge >= 0.3 is 16.5 Å². The smallest absolute Gasteiger partial charge is 0.326 e. The Morgan fingerprint density at radius 2 is 1.82 bits per heavy atom. The first-order valence-electron chi connectivity index (χ1n) is 9.95. The van der Waals surface area contributed by atoms with E-state index in [1.807, 2.05) is 30.5 Å². The Balaban J connectivity index is 0.000000497. The number of aliphatic carboxylic acids is 1. The number of amides is 1. The molecular formula is C23H23N3O5S3. The highest BCUT2D eigenvalue weighted by molar-refractivity contribution is 7.98. The Morgan fingerprint density at radius 3 is 2.35 bits per heavy atom. The second kappa shape index (κ2) is 14.2. The van der Waals surface area contributed by atoms with E-state index in [4.69, 9.17) is 0 Å². The number of carboxylic acids is 1. The number of carboxylic acid groups (broad SMARTS) is 1. The van der Waals surface area contributed by atoms with Gasteiger partial charge in [-0.1, -0.05) is 36.4 Å². The molecule has 0 bridgehead atoms. The van der Waals surface area contributed by atoms with E-state index >= 15 is 0 Å². The molecular weight excluding hydrogens is 494 g/mol. The van der Waals surface area contributed by atoms with Gasteiger partial charge in [-0.15, -0.1) is 17.0 Å². The number of rotatable bonds is 8. The summed E-state index contributed by atoms with van der Waals surface area (Å²) in [5.74, 6) is -1.06. The predicted molar refractivity (Wildman–Crippen MR) is 136 cm³/mol. The van der Waals surface area contributed by atoms with Gasteiger partial charge in [0.2, 0.25) is 0 Å². The SMILES string of the molecule is CSCCC(NC(=O)c1ccc(N=S(=O)=O)cc1-c1ccccc1)C(=O)O.Sc1ccccn1. The van der Waals surface area contributed by atoms with Gasteiger partial charge in [0.15, 0.2) is 0 Å². The van der Waals surface area contributed by atoms with Crippen molar-refractivity contribution in [2.75, 3.05) is 12.0 Å². The minimum Gasteiger partial charge on any atom is -0.480 e. The first-order valence-corrected chi connectivity index (χ1v) is 12.8. The topological polar surface area (TPSA) is 126 Å². The maximum absolute atomic E-state index is 12.7. The number of hydrogen-bond donors (Lipinski definition) is 3. The summed E-state index contributed by atoms with van der Waals surface area (Å²) >= 11 is 5.47. The first-order chi connectivity index (χ1) is 16.3. The van der Waals surface area contributed by atoms with Crippen LogP contribution in [0.2, 0.25) is 0 Å². The van der Waals surface area contributed by atoms with E-state index in [0.29, 0.717) is 23.3 Å². The highest BCUT2D eigenvalue weighted by Gasteiger charge is 2.22. The van der Waals surface area contributed by atoms with Crippen molar-refractivity contribution < 1.29 is 23.1 Å². The Labute approximate surface area is 208 Å². The molecule has 3 aromatic rings. The van der Waals surface area contributed by atoms with E-state index in [2.05, 4.69) is 27.3 Å². The fourth-order valence-corrected chi connectivity index (χ4v) is 3.72. The fraction of sp³-hybridized carbons (Fsp3) is 0.174. The average molecular weight is 518 g/mol. The van der Waals surface area contributed by atoms with Crippen LogP contribution < -0.4 is 5.32 Å². The zero-order valence-electron chi connectivity index (χ0n) is 18.2. The van der Waals surface area contributed by atoms with Crippen LogP contribution in [-0.2, 0) is 15.3 Å². The third-order valence-electron chi connectivity index (χ3n) is 4.38. The van der Waals surface area contributed by atoms with Gasteiger partial charge in [0.1, 0.15) is 6.04 Å². The average Bonchev–Trinajstić information content (AvgIpc) is 2.82. The number of nitrogens with zero attached hydrogens (tertiary/aromatic N) is 2. The van der Waals surface area contributed by atoms with Crippen molar-refractivity contribution in [3.63, 3.8) is 0 Å². The van der Waals surface area contributed by atoms with Crippen molar-refractivity contribution >= 4 is 52.5 Å². The Kier molecular flexibility index (Phi) is 11.3. The molecule has 1 atom stereocenters. The maximum Gasteiger partial charge on any atom is 0.326 e. The highest BCUT2D eigenvalue weighted by atomic mass is 32.2. The summed E-state index contributed by atoms with van der Waals surface area (Å²) in [5, 5.41) is 12.6. The number of thiol groups is 1. The molecule has 34 heavy (non-hydrogen) atoms. The minimum atomic E-state index is -2.62. The molecule has 2 aromatic carbocycles. The summed E-state index contributed by atoms with van der Waals surface area (Å²) in [6, 6.07) is 17.8. The van der Waals surface area contributed by atoms with Crippen molar-refractivity contribution in [3.05, 3.63) is 78.5 Å². The minimum absolute atomic E-state index is 0.177. The van der Waals surface area contributed by atoms with E-state index in [1.54, 1.807) is 30.5 Å². The molecule has 2 N–H and O–H groups in total. The van der Waals surface area contributed by atoms with Crippen molar-refractivity contribution in [2.24, 2.45) is 4.36 Å². The molecule has 8 nitrogen and oxygen atoms in total. The number of pyridine rings is 1. The second-order valence-corrected chi connectivity index (χ2v) is 8.80. The fourth-order valence-electron chi connectivity index (χ4n) is 2.81. The van der Waals surface area contributed by atoms with Crippen LogP contribution in [-0.4, -0.2) is 48.4 Å². The van der Waals surface area contributed by atoms with Crippen molar-refractivity contribution in [3.8, 4) is 11.1 Å².